The molecule has 0 aliphatic rings. The second-order valence-electron chi connectivity index (χ2n) is 4.54. The summed E-state index contributed by atoms with van der Waals surface area (Å²) in [7, 11) is 0. The van der Waals surface area contributed by atoms with Crippen LogP contribution in [-0.4, -0.2) is 11.6 Å². The number of ether oxygens (including phenoxy) is 1. The van der Waals surface area contributed by atoms with Crippen molar-refractivity contribution in [2.24, 2.45) is 0 Å². The van der Waals surface area contributed by atoms with Crippen LogP contribution in [0.4, 0.5) is 4.39 Å². The molecule has 0 bridgehead atoms. The van der Waals surface area contributed by atoms with Gasteiger partial charge in [-0.25, -0.2) is 9.18 Å². The van der Waals surface area contributed by atoms with Crippen molar-refractivity contribution in [1.82, 2.24) is 0 Å². The number of carbonyl (C=O) groups is 1. The molecule has 17 heavy (non-hydrogen) atoms. The average molecular weight is 301 g/mol. The summed E-state index contributed by atoms with van der Waals surface area (Å²) in [4.78, 5) is 11.4. The molecule has 0 N–H and O–H groups in total. The van der Waals surface area contributed by atoms with Crippen LogP contribution in [-0.2, 0) is 9.53 Å². The van der Waals surface area contributed by atoms with Crippen LogP contribution in [0.3, 0.4) is 0 Å². The minimum atomic E-state index is -0.509. The second kappa shape index (κ2) is 5.45. The largest absolute Gasteiger partial charge is 0.457 e. The predicted molar refractivity (Wildman–Crippen MR) is 69.0 cm³/mol. The molecule has 0 fully saturated rings. The fourth-order valence-electron chi connectivity index (χ4n) is 1.12. The van der Waals surface area contributed by atoms with Crippen LogP contribution in [0, 0.1) is 5.82 Å². The molecule has 0 radical (unpaired) electrons. The summed E-state index contributed by atoms with van der Waals surface area (Å²) in [5.41, 5.74) is 0.217. The summed E-state index contributed by atoms with van der Waals surface area (Å²) < 4.78 is 18.4. The summed E-state index contributed by atoms with van der Waals surface area (Å²) in [6, 6.07) is 4.51. The van der Waals surface area contributed by atoms with E-state index < -0.39 is 11.6 Å². The molecule has 1 rings (SSSR count). The average Bonchev–Trinajstić information content (AvgIpc) is 2.17. The van der Waals surface area contributed by atoms with E-state index in [4.69, 9.17) is 4.74 Å². The van der Waals surface area contributed by atoms with E-state index >= 15 is 0 Å². The van der Waals surface area contributed by atoms with Gasteiger partial charge in [0, 0.05) is 6.08 Å². The first-order valence-corrected chi connectivity index (χ1v) is 5.93. The lowest BCUT2D eigenvalue weighted by molar-refractivity contribution is -0.148. The Kier molecular flexibility index (Phi) is 4.46. The number of benzene rings is 1. The van der Waals surface area contributed by atoms with E-state index in [0.717, 1.165) is 5.56 Å². The molecule has 0 saturated carbocycles. The zero-order valence-electron chi connectivity index (χ0n) is 9.96. The first kappa shape index (κ1) is 13.9. The molecule has 0 aliphatic carbocycles. The SMILES string of the molecule is CC(C)(C)OC(=O)/C=C/c1ccc(F)c(Br)c1. The molecule has 0 heterocycles. The van der Waals surface area contributed by atoms with Gasteiger partial charge in [-0.2, -0.15) is 0 Å². The molecular formula is C13H14BrFO2. The van der Waals surface area contributed by atoms with Crippen molar-refractivity contribution in [3.63, 3.8) is 0 Å². The Morgan fingerprint density at radius 3 is 2.59 bits per heavy atom. The molecule has 0 aliphatic heterocycles. The summed E-state index contributed by atoms with van der Waals surface area (Å²) in [5.74, 6) is -0.752. The van der Waals surface area contributed by atoms with Gasteiger partial charge in [0.15, 0.2) is 0 Å². The van der Waals surface area contributed by atoms with Crippen LogP contribution in [0.25, 0.3) is 6.08 Å². The quantitative estimate of drug-likeness (QED) is 0.611. The highest BCUT2D eigenvalue weighted by atomic mass is 79.9. The number of esters is 1. The van der Waals surface area contributed by atoms with E-state index in [0.29, 0.717) is 4.47 Å². The maximum Gasteiger partial charge on any atom is 0.331 e. The van der Waals surface area contributed by atoms with Crippen LogP contribution < -0.4 is 0 Å². The summed E-state index contributed by atoms with van der Waals surface area (Å²) in [6.45, 7) is 5.40. The Hall–Kier alpha value is -1.16. The molecule has 0 aromatic heterocycles. The number of halogens is 2. The monoisotopic (exact) mass is 300 g/mol. The van der Waals surface area contributed by atoms with E-state index in [1.807, 2.05) is 0 Å². The molecule has 0 atom stereocenters. The van der Waals surface area contributed by atoms with Crippen LogP contribution in [0.1, 0.15) is 26.3 Å². The van der Waals surface area contributed by atoms with Crippen LogP contribution in [0.15, 0.2) is 28.7 Å². The Labute approximate surface area is 109 Å². The maximum absolute atomic E-state index is 13.0. The maximum atomic E-state index is 13.0. The number of hydrogen-bond acceptors (Lipinski definition) is 2. The number of carbonyl (C=O) groups excluding carboxylic acids is 1. The van der Waals surface area contributed by atoms with Crippen molar-refractivity contribution in [2.45, 2.75) is 26.4 Å². The number of rotatable bonds is 2. The molecule has 0 spiro atoms. The van der Waals surface area contributed by atoms with Crippen molar-refractivity contribution in [1.29, 1.82) is 0 Å². The van der Waals surface area contributed by atoms with Crippen molar-refractivity contribution < 1.29 is 13.9 Å². The lowest BCUT2D eigenvalue weighted by atomic mass is 10.2. The van der Waals surface area contributed by atoms with Gasteiger partial charge >= 0.3 is 5.97 Å². The first-order chi connectivity index (χ1) is 7.78. The van der Waals surface area contributed by atoms with E-state index in [2.05, 4.69) is 15.9 Å². The van der Waals surface area contributed by atoms with Gasteiger partial charge in [-0.05, 0) is 60.5 Å². The lowest BCUT2D eigenvalue weighted by Gasteiger charge is -2.17. The summed E-state index contributed by atoms with van der Waals surface area (Å²) in [5, 5.41) is 0. The molecule has 1 aromatic rings. The van der Waals surface area contributed by atoms with E-state index in [-0.39, 0.29) is 5.82 Å². The molecule has 2 nitrogen and oxygen atoms in total. The molecule has 1 aromatic carbocycles. The van der Waals surface area contributed by atoms with E-state index in [1.165, 1.54) is 12.1 Å². The summed E-state index contributed by atoms with van der Waals surface area (Å²) in [6.07, 6.45) is 2.91. The third kappa shape index (κ3) is 5.13. The molecule has 92 valence electrons. The minimum absolute atomic E-state index is 0.334. The van der Waals surface area contributed by atoms with Crippen molar-refractivity contribution in [3.8, 4) is 0 Å². The highest BCUT2D eigenvalue weighted by Gasteiger charge is 2.13. The van der Waals surface area contributed by atoms with E-state index in [1.54, 1.807) is 39.0 Å². The van der Waals surface area contributed by atoms with Gasteiger partial charge in [-0.1, -0.05) is 6.07 Å². The minimum Gasteiger partial charge on any atom is -0.457 e. The van der Waals surface area contributed by atoms with Gasteiger partial charge in [0.1, 0.15) is 11.4 Å². The van der Waals surface area contributed by atoms with Crippen LogP contribution >= 0.6 is 15.9 Å². The topological polar surface area (TPSA) is 26.3 Å². The van der Waals surface area contributed by atoms with Crippen molar-refractivity contribution in [3.05, 3.63) is 40.1 Å². The zero-order chi connectivity index (χ0) is 13.1. The van der Waals surface area contributed by atoms with Crippen LogP contribution in [0.5, 0.6) is 0 Å². The van der Waals surface area contributed by atoms with Crippen LogP contribution in [0.2, 0.25) is 0 Å². The van der Waals surface area contributed by atoms with E-state index in [9.17, 15) is 9.18 Å². The normalized spacial score (nSPS) is 11.8. The van der Waals surface area contributed by atoms with Gasteiger partial charge in [-0.15, -0.1) is 0 Å². The number of hydrogen-bond donors (Lipinski definition) is 0. The highest BCUT2D eigenvalue weighted by molar-refractivity contribution is 9.10. The third-order valence-corrected chi connectivity index (χ3v) is 2.37. The zero-order valence-corrected chi connectivity index (χ0v) is 11.5. The molecular weight excluding hydrogens is 287 g/mol. The Morgan fingerprint density at radius 2 is 2.06 bits per heavy atom. The Morgan fingerprint density at radius 1 is 1.41 bits per heavy atom. The molecule has 0 unspecified atom stereocenters. The Bertz CT molecular complexity index is 447. The standard InChI is InChI=1S/C13H14BrFO2/c1-13(2,3)17-12(16)7-5-9-4-6-11(15)10(14)8-9/h4-8H,1-3H3/b7-5+. The lowest BCUT2D eigenvalue weighted by Crippen LogP contribution is -2.22. The van der Waals surface area contributed by atoms with Gasteiger partial charge in [-0.3, -0.25) is 0 Å². The smallest absolute Gasteiger partial charge is 0.331 e. The fourth-order valence-corrected chi connectivity index (χ4v) is 1.51. The van der Waals surface area contributed by atoms with Gasteiger partial charge in [0.25, 0.3) is 0 Å². The second-order valence-corrected chi connectivity index (χ2v) is 5.39. The fraction of sp³-hybridized carbons (Fsp3) is 0.308. The molecule has 0 amide bonds. The Balaban J connectivity index is 2.71. The summed E-state index contributed by atoms with van der Waals surface area (Å²) >= 11 is 3.08. The highest BCUT2D eigenvalue weighted by Crippen LogP contribution is 2.17. The van der Waals surface area contributed by atoms with Gasteiger partial charge in [0.2, 0.25) is 0 Å². The first-order valence-electron chi connectivity index (χ1n) is 5.14. The van der Waals surface area contributed by atoms with Crippen molar-refractivity contribution >= 4 is 28.0 Å². The van der Waals surface area contributed by atoms with Crippen molar-refractivity contribution in [2.75, 3.05) is 0 Å². The molecule has 0 saturated heterocycles. The predicted octanol–water partition coefficient (Wildman–Crippen LogP) is 3.94. The van der Waals surface area contributed by atoms with Gasteiger partial charge in [0.05, 0.1) is 4.47 Å². The third-order valence-electron chi connectivity index (χ3n) is 1.76. The molecule has 4 heteroatoms. The van der Waals surface area contributed by atoms with Gasteiger partial charge < -0.3 is 4.74 Å².